The fourth-order valence-corrected chi connectivity index (χ4v) is 1.64. The van der Waals surface area contributed by atoms with Gasteiger partial charge in [0.05, 0.1) is 0 Å². The summed E-state index contributed by atoms with van der Waals surface area (Å²) in [6.07, 6.45) is 8.42. The Kier molecular flexibility index (Phi) is 8.07. The van der Waals surface area contributed by atoms with Crippen LogP contribution in [-0.2, 0) is 4.79 Å². The van der Waals surface area contributed by atoms with Crippen LogP contribution in [0.4, 0.5) is 0 Å². The highest BCUT2D eigenvalue weighted by Crippen LogP contribution is 2.18. The van der Waals surface area contributed by atoms with Crippen molar-refractivity contribution in [2.45, 2.75) is 65.7 Å². The molecule has 0 amide bonds. The minimum Gasteiger partial charge on any atom is -0.300 e. The van der Waals surface area contributed by atoms with Gasteiger partial charge in [0.1, 0.15) is 5.78 Å². The molecule has 1 heteroatoms. The zero-order chi connectivity index (χ0) is 10.1. The molecule has 0 unspecified atom stereocenters. The molecule has 1 nitrogen and oxygen atoms in total. The van der Waals surface area contributed by atoms with E-state index in [1.54, 1.807) is 6.92 Å². The van der Waals surface area contributed by atoms with Crippen molar-refractivity contribution in [1.29, 1.82) is 0 Å². The molecule has 0 spiro atoms. The Morgan fingerprint density at radius 3 is 2.31 bits per heavy atom. The number of rotatable bonds is 8. The lowest BCUT2D eigenvalue weighted by Gasteiger charge is -2.12. The number of carbonyl (C=O) groups is 1. The van der Waals surface area contributed by atoms with Crippen molar-refractivity contribution in [2.24, 2.45) is 5.92 Å². The van der Waals surface area contributed by atoms with Gasteiger partial charge in [0, 0.05) is 6.42 Å². The van der Waals surface area contributed by atoms with Crippen molar-refractivity contribution in [3.8, 4) is 0 Å². The standard InChI is InChI=1S/C12H24O/c1-4-6-7-8-12(5-2)10-9-11(3)13/h12H,4-10H2,1-3H3/t12-/m1/s1. The van der Waals surface area contributed by atoms with E-state index in [1.165, 1.54) is 32.1 Å². The monoisotopic (exact) mass is 184 g/mol. The molecule has 0 bridgehead atoms. The molecule has 0 aromatic rings. The van der Waals surface area contributed by atoms with Crippen molar-refractivity contribution in [3.05, 3.63) is 0 Å². The summed E-state index contributed by atoms with van der Waals surface area (Å²) in [5.74, 6) is 1.13. The van der Waals surface area contributed by atoms with E-state index in [9.17, 15) is 4.79 Å². The maximum atomic E-state index is 10.8. The fraction of sp³-hybridized carbons (Fsp3) is 0.917. The van der Waals surface area contributed by atoms with E-state index in [0.717, 1.165) is 18.8 Å². The van der Waals surface area contributed by atoms with E-state index in [-0.39, 0.29) is 0 Å². The number of Topliss-reactive ketones (excluding diaryl/α,β-unsaturated/α-hetero) is 1. The van der Waals surface area contributed by atoms with Crippen LogP contribution in [0.25, 0.3) is 0 Å². The summed E-state index contributed by atoms with van der Waals surface area (Å²) in [6.45, 7) is 6.16. The average molecular weight is 184 g/mol. The minimum atomic E-state index is 0.342. The van der Waals surface area contributed by atoms with Crippen LogP contribution in [0, 0.1) is 5.92 Å². The Labute approximate surface area is 82.9 Å². The lowest BCUT2D eigenvalue weighted by atomic mass is 9.93. The molecule has 0 aliphatic carbocycles. The second-order valence-corrected chi connectivity index (χ2v) is 4.01. The lowest BCUT2D eigenvalue weighted by Crippen LogP contribution is -2.02. The molecule has 0 aromatic heterocycles. The van der Waals surface area contributed by atoms with Crippen molar-refractivity contribution in [2.75, 3.05) is 0 Å². The summed E-state index contributed by atoms with van der Waals surface area (Å²) < 4.78 is 0. The van der Waals surface area contributed by atoms with E-state index in [4.69, 9.17) is 0 Å². The maximum absolute atomic E-state index is 10.8. The molecule has 0 saturated heterocycles. The second kappa shape index (κ2) is 8.28. The first-order valence-electron chi connectivity index (χ1n) is 5.70. The summed E-state index contributed by atoms with van der Waals surface area (Å²) in [5.41, 5.74) is 0. The Morgan fingerprint density at radius 2 is 1.85 bits per heavy atom. The summed E-state index contributed by atoms with van der Waals surface area (Å²) in [6, 6.07) is 0. The number of carbonyl (C=O) groups excluding carboxylic acids is 1. The fourth-order valence-electron chi connectivity index (χ4n) is 1.64. The molecule has 0 saturated carbocycles. The first kappa shape index (κ1) is 12.7. The van der Waals surface area contributed by atoms with Gasteiger partial charge in [-0.25, -0.2) is 0 Å². The van der Waals surface area contributed by atoms with Crippen molar-refractivity contribution >= 4 is 5.78 Å². The Hall–Kier alpha value is -0.330. The lowest BCUT2D eigenvalue weighted by molar-refractivity contribution is -0.117. The largest absolute Gasteiger partial charge is 0.300 e. The van der Waals surface area contributed by atoms with E-state index < -0.39 is 0 Å². The second-order valence-electron chi connectivity index (χ2n) is 4.01. The van der Waals surface area contributed by atoms with Crippen molar-refractivity contribution in [3.63, 3.8) is 0 Å². The molecule has 0 rings (SSSR count). The Balaban J connectivity index is 3.45. The van der Waals surface area contributed by atoms with Gasteiger partial charge < -0.3 is 4.79 Å². The SMILES string of the molecule is CCCCC[C@@H](CC)CCC(C)=O. The molecule has 0 aromatic carbocycles. The highest BCUT2D eigenvalue weighted by Gasteiger charge is 2.06. The van der Waals surface area contributed by atoms with Gasteiger partial charge in [-0.1, -0.05) is 46.0 Å². The third-order valence-electron chi connectivity index (χ3n) is 2.70. The molecule has 0 fully saturated rings. The smallest absolute Gasteiger partial charge is 0.129 e. The van der Waals surface area contributed by atoms with Crippen LogP contribution in [0.2, 0.25) is 0 Å². The van der Waals surface area contributed by atoms with E-state index in [2.05, 4.69) is 13.8 Å². The predicted octanol–water partition coefficient (Wildman–Crippen LogP) is 3.96. The number of ketones is 1. The topological polar surface area (TPSA) is 17.1 Å². The van der Waals surface area contributed by atoms with Crippen LogP contribution in [0.3, 0.4) is 0 Å². The van der Waals surface area contributed by atoms with Gasteiger partial charge in [-0.15, -0.1) is 0 Å². The highest BCUT2D eigenvalue weighted by atomic mass is 16.1. The predicted molar refractivity (Wildman–Crippen MR) is 57.8 cm³/mol. The third-order valence-corrected chi connectivity index (χ3v) is 2.70. The Morgan fingerprint density at radius 1 is 1.15 bits per heavy atom. The van der Waals surface area contributed by atoms with E-state index in [1.807, 2.05) is 0 Å². The van der Waals surface area contributed by atoms with Crippen LogP contribution in [-0.4, -0.2) is 5.78 Å². The quantitative estimate of drug-likeness (QED) is 0.522. The molecular weight excluding hydrogens is 160 g/mol. The van der Waals surface area contributed by atoms with Gasteiger partial charge in [-0.2, -0.15) is 0 Å². The first-order valence-corrected chi connectivity index (χ1v) is 5.70. The summed E-state index contributed by atoms with van der Waals surface area (Å²) >= 11 is 0. The zero-order valence-electron chi connectivity index (χ0n) is 9.44. The molecule has 0 aliphatic rings. The van der Waals surface area contributed by atoms with Gasteiger partial charge >= 0.3 is 0 Å². The normalized spacial score (nSPS) is 12.8. The van der Waals surface area contributed by atoms with Crippen LogP contribution in [0.1, 0.15) is 65.7 Å². The number of hydrogen-bond donors (Lipinski definition) is 0. The summed E-state index contributed by atoms with van der Waals surface area (Å²) in [5, 5.41) is 0. The van der Waals surface area contributed by atoms with E-state index >= 15 is 0 Å². The highest BCUT2D eigenvalue weighted by molar-refractivity contribution is 5.75. The molecule has 0 N–H and O–H groups in total. The average Bonchev–Trinajstić information content (AvgIpc) is 2.10. The number of unbranched alkanes of at least 4 members (excludes halogenated alkanes) is 2. The molecule has 0 aliphatic heterocycles. The van der Waals surface area contributed by atoms with Gasteiger partial charge in [0.25, 0.3) is 0 Å². The van der Waals surface area contributed by atoms with Gasteiger partial charge in [-0.3, -0.25) is 0 Å². The van der Waals surface area contributed by atoms with Crippen LogP contribution in [0.15, 0.2) is 0 Å². The van der Waals surface area contributed by atoms with Crippen molar-refractivity contribution < 1.29 is 4.79 Å². The van der Waals surface area contributed by atoms with Gasteiger partial charge in [-0.05, 0) is 19.3 Å². The number of hydrogen-bond acceptors (Lipinski definition) is 1. The minimum absolute atomic E-state index is 0.342. The molecule has 0 radical (unpaired) electrons. The molecule has 78 valence electrons. The van der Waals surface area contributed by atoms with Crippen LogP contribution >= 0.6 is 0 Å². The Bertz CT molecular complexity index is 129. The molecule has 1 atom stereocenters. The summed E-state index contributed by atoms with van der Waals surface area (Å²) in [7, 11) is 0. The zero-order valence-corrected chi connectivity index (χ0v) is 9.44. The third kappa shape index (κ3) is 8.01. The first-order chi connectivity index (χ1) is 6.20. The van der Waals surface area contributed by atoms with Gasteiger partial charge in [0.2, 0.25) is 0 Å². The van der Waals surface area contributed by atoms with Crippen molar-refractivity contribution in [1.82, 2.24) is 0 Å². The molecular formula is C12H24O. The van der Waals surface area contributed by atoms with Crippen LogP contribution in [0.5, 0.6) is 0 Å². The maximum Gasteiger partial charge on any atom is 0.129 e. The summed E-state index contributed by atoms with van der Waals surface area (Å²) in [4.78, 5) is 10.8. The molecule has 0 heterocycles. The van der Waals surface area contributed by atoms with E-state index in [0.29, 0.717) is 5.78 Å². The van der Waals surface area contributed by atoms with Gasteiger partial charge in [0.15, 0.2) is 0 Å². The molecule has 13 heavy (non-hydrogen) atoms. The van der Waals surface area contributed by atoms with Crippen LogP contribution < -0.4 is 0 Å².